The fraction of sp³-hybridized carbons (Fsp3) is 0.562. The number of ether oxygens (including phenoxy) is 1. The molecule has 0 saturated heterocycles. The molecule has 0 bridgehead atoms. The molecule has 4 heteroatoms. The van der Waals surface area contributed by atoms with Gasteiger partial charge >= 0.3 is 6.03 Å². The van der Waals surface area contributed by atoms with Crippen molar-refractivity contribution in [1.29, 1.82) is 0 Å². The zero-order valence-corrected chi connectivity index (χ0v) is 12.7. The van der Waals surface area contributed by atoms with Gasteiger partial charge in [0.1, 0.15) is 5.75 Å². The van der Waals surface area contributed by atoms with Crippen molar-refractivity contribution in [3.05, 3.63) is 24.3 Å². The molecule has 1 rings (SSSR count). The standard InChI is InChI=1S/C16H26N2O2/c1-4-6-7-11-17-16(19)18-14-9-8-10-15(12-14)20-13(3)5-2/h8-10,12-13H,4-7,11H2,1-3H3,(H2,17,18,19). The molecule has 1 atom stereocenters. The Labute approximate surface area is 121 Å². The number of hydrogen-bond donors (Lipinski definition) is 2. The third-order valence-corrected chi connectivity index (χ3v) is 3.07. The maximum absolute atomic E-state index is 11.7. The fourth-order valence-electron chi connectivity index (χ4n) is 1.72. The minimum absolute atomic E-state index is 0.165. The number of hydrogen-bond acceptors (Lipinski definition) is 2. The number of anilines is 1. The van der Waals surface area contributed by atoms with Crippen LogP contribution in [0, 0.1) is 0 Å². The van der Waals surface area contributed by atoms with Crippen LogP contribution in [0.15, 0.2) is 24.3 Å². The molecule has 0 aliphatic heterocycles. The molecule has 0 radical (unpaired) electrons. The maximum atomic E-state index is 11.7. The van der Waals surface area contributed by atoms with Crippen molar-refractivity contribution in [1.82, 2.24) is 5.32 Å². The van der Waals surface area contributed by atoms with Crippen LogP contribution < -0.4 is 15.4 Å². The highest BCUT2D eigenvalue weighted by molar-refractivity contribution is 5.89. The van der Waals surface area contributed by atoms with Gasteiger partial charge in [-0.25, -0.2) is 4.79 Å². The lowest BCUT2D eigenvalue weighted by Crippen LogP contribution is -2.29. The Bertz CT molecular complexity index is 407. The van der Waals surface area contributed by atoms with Crippen LogP contribution in [-0.4, -0.2) is 18.7 Å². The SMILES string of the molecule is CCCCCNC(=O)Nc1cccc(OC(C)CC)c1. The van der Waals surface area contributed by atoms with Gasteiger partial charge in [0.05, 0.1) is 6.10 Å². The summed E-state index contributed by atoms with van der Waals surface area (Å²) in [5.41, 5.74) is 0.749. The second-order valence-corrected chi connectivity index (χ2v) is 4.95. The van der Waals surface area contributed by atoms with Crippen molar-refractivity contribution >= 4 is 11.7 Å². The Morgan fingerprint density at radius 3 is 2.80 bits per heavy atom. The van der Waals surface area contributed by atoms with E-state index in [1.807, 2.05) is 31.2 Å². The first-order chi connectivity index (χ1) is 9.65. The summed E-state index contributed by atoms with van der Waals surface area (Å²) in [5, 5.41) is 5.67. The second kappa shape index (κ2) is 9.23. The number of rotatable bonds is 8. The van der Waals surface area contributed by atoms with Crippen LogP contribution in [0.2, 0.25) is 0 Å². The molecule has 2 N–H and O–H groups in total. The van der Waals surface area contributed by atoms with Crippen molar-refractivity contribution in [2.45, 2.75) is 52.6 Å². The Morgan fingerprint density at radius 1 is 1.30 bits per heavy atom. The van der Waals surface area contributed by atoms with Gasteiger partial charge in [-0.3, -0.25) is 0 Å². The lowest BCUT2D eigenvalue weighted by molar-refractivity contribution is 0.217. The average molecular weight is 278 g/mol. The molecular formula is C16H26N2O2. The molecular weight excluding hydrogens is 252 g/mol. The first-order valence-electron chi connectivity index (χ1n) is 7.47. The topological polar surface area (TPSA) is 50.4 Å². The van der Waals surface area contributed by atoms with Gasteiger partial charge in [-0.05, 0) is 31.9 Å². The van der Waals surface area contributed by atoms with E-state index in [1.54, 1.807) is 0 Å². The highest BCUT2D eigenvalue weighted by atomic mass is 16.5. The number of carbonyl (C=O) groups excluding carboxylic acids is 1. The van der Waals surface area contributed by atoms with E-state index in [2.05, 4.69) is 24.5 Å². The molecule has 0 fully saturated rings. The predicted octanol–water partition coefficient (Wildman–Crippen LogP) is 4.18. The minimum atomic E-state index is -0.165. The van der Waals surface area contributed by atoms with Gasteiger partial charge in [-0.1, -0.05) is 32.8 Å². The summed E-state index contributed by atoms with van der Waals surface area (Å²) >= 11 is 0. The first kappa shape index (κ1) is 16.3. The molecule has 0 heterocycles. The number of amides is 2. The number of unbranched alkanes of at least 4 members (excludes halogenated alkanes) is 2. The summed E-state index contributed by atoms with van der Waals surface area (Å²) in [5.74, 6) is 0.781. The summed E-state index contributed by atoms with van der Waals surface area (Å²) < 4.78 is 5.73. The Morgan fingerprint density at radius 2 is 2.10 bits per heavy atom. The third kappa shape index (κ3) is 6.45. The summed E-state index contributed by atoms with van der Waals surface area (Å²) in [4.78, 5) is 11.7. The largest absolute Gasteiger partial charge is 0.491 e. The summed E-state index contributed by atoms with van der Waals surface area (Å²) in [7, 11) is 0. The predicted molar refractivity (Wildman–Crippen MR) is 83.4 cm³/mol. The van der Waals surface area contributed by atoms with Crippen LogP contribution >= 0.6 is 0 Å². The lowest BCUT2D eigenvalue weighted by atomic mass is 10.2. The normalized spacial score (nSPS) is 11.8. The number of nitrogens with one attached hydrogen (secondary N) is 2. The Hall–Kier alpha value is -1.71. The van der Waals surface area contributed by atoms with Crippen LogP contribution in [0.3, 0.4) is 0 Å². The molecule has 0 aromatic heterocycles. The molecule has 0 aliphatic carbocycles. The van der Waals surface area contributed by atoms with Gasteiger partial charge in [0.25, 0.3) is 0 Å². The Balaban J connectivity index is 2.43. The van der Waals surface area contributed by atoms with Gasteiger partial charge in [0.15, 0.2) is 0 Å². The van der Waals surface area contributed by atoms with Gasteiger partial charge in [0.2, 0.25) is 0 Å². The highest BCUT2D eigenvalue weighted by Gasteiger charge is 2.04. The molecule has 0 aliphatic rings. The van der Waals surface area contributed by atoms with Crippen molar-refractivity contribution in [3.63, 3.8) is 0 Å². The van der Waals surface area contributed by atoms with Gasteiger partial charge in [-0.2, -0.15) is 0 Å². The zero-order chi connectivity index (χ0) is 14.8. The van der Waals surface area contributed by atoms with Crippen LogP contribution in [0.25, 0.3) is 0 Å². The van der Waals surface area contributed by atoms with E-state index >= 15 is 0 Å². The van der Waals surface area contributed by atoms with Gasteiger partial charge in [0, 0.05) is 18.3 Å². The zero-order valence-electron chi connectivity index (χ0n) is 12.7. The molecule has 0 saturated carbocycles. The van der Waals surface area contributed by atoms with E-state index < -0.39 is 0 Å². The van der Waals surface area contributed by atoms with Crippen molar-refractivity contribution < 1.29 is 9.53 Å². The van der Waals surface area contributed by atoms with E-state index in [4.69, 9.17) is 4.74 Å². The smallest absolute Gasteiger partial charge is 0.319 e. The first-order valence-corrected chi connectivity index (χ1v) is 7.47. The summed E-state index contributed by atoms with van der Waals surface area (Å²) in [6, 6.07) is 7.31. The molecule has 112 valence electrons. The molecule has 1 aromatic rings. The number of benzene rings is 1. The van der Waals surface area contributed by atoms with E-state index in [1.165, 1.54) is 0 Å². The highest BCUT2D eigenvalue weighted by Crippen LogP contribution is 2.19. The summed E-state index contributed by atoms with van der Waals surface area (Å²) in [6.45, 7) is 6.96. The number of urea groups is 1. The van der Waals surface area contributed by atoms with E-state index in [9.17, 15) is 4.79 Å². The maximum Gasteiger partial charge on any atom is 0.319 e. The van der Waals surface area contributed by atoms with E-state index in [0.717, 1.165) is 37.1 Å². The summed E-state index contributed by atoms with van der Waals surface area (Å²) in [6.07, 6.45) is 4.43. The average Bonchev–Trinajstić information content (AvgIpc) is 2.44. The lowest BCUT2D eigenvalue weighted by Gasteiger charge is -2.14. The van der Waals surface area contributed by atoms with Crippen LogP contribution in [0.5, 0.6) is 5.75 Å². The van der Waals surface area contributed by atoms with Crippen molar-refractivity contribution in [2.75, 3.05) is 11.9 Å². The second-order valence-electron chi connectivity index (χ2n) is 4.95. The molecule has 1 aromatic carbocycles. The van der Waals surface area contributed by atoms with Gasteiger partial charge in [-0.15, -0.1) is 0 Å². The minimum Gasteiger partial charge on any atom is -0.491 e. The van der Waals surface area contributed by atoms with Crippen LogP contribution in [-0.2, 0) is 0 Å². The fourth-order valence-corrected chi connectivity index (χ4v) is 1.72. The monoisotopic (exact) mass is 278 g/mol. The van der Waals surface area contributed by atoms with E-state index in [0.29, 0.717) is 6.54 Å². The molecule has 20 heavy (non-hydrogen) atoms. The molecule has 1 unspecified atom stereocenters. The third-order valence-electron chi connectivity index (χ3n) is 3.07. The van der Waals surface area contributed by atoms with Crippen molar-refractivity contribution in [3.8, 4) is 5.75 Å². The Kier molecular flexibility index (Phi) is 7.55. The van der Waals surface area contributed by atoms with Crippen LogP contribution in [0.1, 0.15) is 46.5 Å². The molecule has 2 amide bonds. The molecule has 0 spiro atoms. The van der Waals surface area contributed by atoms with Crippen LogP contribution in [0.4, 0.5) is 10.5 Å². The molecule has 4 nitrogen and oxygen atoms in total. The van der Waals surface area contributed by atoms with Crippen molar-refractivity contribution in [2.24, 2.45) is 0 Å². The quantitative estimate of drug-likeness (QED) is 0.701. The number of carbonyl (C=O) groups is 1. The van der Waals surface area contributed by atoms with Gasteiger partial charge < -0.3 is 15.4 Å². The van der Waals surface area contributed by atoms with E-state index in [-0.39, 0.29) is 12.1 Å².